The summed E-state index contributed by atoms with van der Waals surface area (Å²) < 4.78 is 17.6. The molecule has 2 aliphatic carbocycles. The number of phenolic OH excluding ortho intramolecular Hbond substituents is 2. The Morgan fingerprint density at radius 1 is 0.914 bits per heavy atom. The van der Waals surface area contributed by atoms with Crippen molar-refractivity contribution < 1.29 is 83.2 Å². The first-order valence-corrected chi connectivity index (χ1v) is 27.2. The van der Waals surface area contributed by atoms with Gasteiger partial charge in [0.2, 0.25) is 29.4 Å². The molecule has 0 aromatic heterocycles. The lowest BCUT2D eigenvalue weighted by Gasteiger charge is -2.43. The van der Waals surface area contributed by atoms with Gasteiger partial charge in [0.05, 0.1) is 67.8 Å². The van der Waals surface area contributed by atoms with Crippen LogP contribution in [0.2, 0.25) is 0 Å². The number of hydrogen-bond acceptors (Lipinski definition) is 18. The van der Waals surface area contributed by atoms with Gasteiger partial charge in [-0.1, -0.05) is 70.2 Å². The van der Waals surface area contributed by atoms with Crippen molar-refractivity contribution in [1.82, 2.24) is 31.5 Å². The maximum absolute atomic E-state index is 14.5. The second-order valence-electron chi connectivity index (χ2n) is 23.1. The van der Waals surface area contributed by atoms with Gasteiger partial charge in [-0.3, -0.25) is 38.4 Å². The Balaban J connectivity index is 1.03. The number of rotatable bonds is 23. The van der Waals surface area contributed by atoms with E-state index in [2.05, 4.69) is 26.6 Å². The van der Waals surface area contributed by atoms with Gasteiger partial charge in [-0.15, -0.1) is 0 Å². The number of carbonyl (C=O) groups excluding carboxylic acids is 8. The van der Waals surface area contributed by atoms with Crippen LogP contribution in [0, 0.1) is 11.3 Å². The van der Waals surface area contributed by atoms with Gasteiger partial charge in [0, 0.05) is 53.5 Å². The molecule has 0 saturated carbocycles. The van der Waals surface area contributed by atoms with Crippen molar-refractivity contribution in [3.05, 3.63) is 87.5 Å². The lowest BCUT2D eigenvalue weighted by Crippen LogP contribution is -2.57. The highest BCUT2D eigenvalue weighted by molar-refractivity contribution is 6.31. The van der Waals surface area contributed by atoms with E-state index < -0.39 is 161 Å². The van der Waals surface area contributed by atoms with Crippen LogP contribution in [0.3, 0.4) is 0 Å². The molecule has 3 aromatic carbocycles. The molecule has 0 bridgehead atoms. The fourth-order valence-corrected chi connectivity index (χ4v) is 11.5. The third kappa shape index (κ3) is 12.6. The van der Waals surface area contributed by atoms with Gasteiger partial charge in [0.25, 0.3) is 5.91 Å². The van der Waals surface area contributed by atoms with E-state index in [0.717, 1.165) is 0 Å². The van der Waals surface area contributed by atoms with Crippen molar-refractivity contribution in [2.45, 2.75) is 153 Å². The zero-order chi connectivity index (χ0) is 59.7. The number of aromatic hydroxyl groups is 2. The van der Waals surface area contributed by atoms with E-state index in [1.807, 2.05) is 34.6 Å². The lowest BCUT2D eigenvalue weighted by molar-refractivity contribution is -0.249. The van der Waals surface area contributed by atoms with Crippen LogP contribution in [-0.2, 0) is 50.2 Å². The van der Waals surface area contributed by atoms with Gasteiger partial charge in [-0.25, -0.2) is 0 Å². The van der Waals surface area contributed by atoms with Crippen molar-refractivity contribution >= 4 is 46.9 Å². The van der Waals surface area contributed by atoms with Gasteiger partial charge in [0.15, 0.2) is 23.4 Å². The van der Waals surface area contributed by atoms with Gasteiger partial charge in [-0.2, -0.15) is 0 Å². The largest absolute Gasteiger partial charge is 0.507 e. The number of methoxy groups -OCH3 is 1. The van der Waals surface area contributed by atoms with Crippen molar-refractivity contribution in [2.24, 2.45) is 11.3 Å². The summed E-state index contributed by atoms with van der Waals surface area (Å²) in [5.41, 5.74) is -6.97. The van der Waals surface area contributed by atoms with Gasteiger partial charge in [0.1, 0.15) is 41.6 Å². The number of carbonyl (C=O) groups is 8. The molecule has 11 N–H and O–H groups in total. The summed E-state index contributed by atoms with van der Waals surface area (Å²) in [5, 5.41) is 80.5. The summed E-state index contributed by atoms with van der Waals surface area (Å²) in [5.74, 6) is -7.63. The molecule has 10 atom stereocenters. The maximum Gasteiger partial charge on any atom is 0.253 e. The maximum atomic E-state index is 14.5. The number of amides is 5. The number of β-amino-alcohol motifs (C(OH)–C–C–N with tert-alkyl or cyclic N) is 1. The standard InChI is InChI=1S/C58H76N6O17/c1-10-56(8,27-55(6,7)61-23-30(4)66)53(76)60-25-41(69)64-28-58(64,32-15-12-11-13-16-32)54(77)63-36(19-29(2)3)52(75)59-24-40(68)62-35-20-42(80-31(5)47(35)70)81-38-22-57(78,39(67)26-65)21-34-44(38)51(74)46-45(49(34)72)48(71)33-17-14-18-37(79-9)43(33)50(46)73/h11-18,29-31,35-36,38,42,47,61,65-66,70,72,74,78H,10,19-28H2,1-9H3,(H,59,75)(H,60,76)(H,62,68)(H,63,77)/t30?,31?,35?,36?,38-,42?,47?,56?,57-,58?,64?/m0/s1. The van der Waals surface area contributed by atoms with E-state index in [-0.39, 0.29) is 59.2 Å². The topological polar surface area (TPSA) is 349 Å². The van der Waals surface area contributed by atoms with Crippen LogP contribution >= 0.6 is 0 Å². The van der Waals surface area contributed by atoms with E-state index in [9.17, 15) is 69.0 Å². The Kier molecular flexibility index (Phi) is 18.5. The van der Waals surface area contributed by atoms with E-state index in [0.29, 0.717) is 24.9 Å². The summed E-state index contributed by atoms with van der Waals surface area (Å²) in [6, 6.07) is 10.4. The monoisotopic (exact) mass is 1130 g/mol. The number of aliphatic hydroxyl groups excluding tert-OH is 3. The molecule has 2 aliphatic heterocycles. The van der Waals surface area contributed by atoms with Crippen molar-refractivity contribution in [3.8, 4) is 17.2 Å². The van der Waals surface area contributed by atoms with Crippen LogP contribution in [-0.4, -0.2) is 170 Å². The number of ether oxygens (including phenoxy) is 3. The first-order chi connectivity index (χ1) is 38.1. The van der Waals surface area contributed by atoms with Crippen molar-refractivity contribution in [2.75, 3.05) is 39.9 Å². The van der Waals surface area contributed by atoms with Crippen LogP contribution in [0.25, 0.3) is 0 Å². The molecule has 7 rings (SSSR count). The molecule has 23 heteroatoms. The van der Waals surface area contributed by atoms with Crippen LogP contribution in [0.15, 0.2) is 48.5 Å². The molecule has 0 spiro atoms. The number of nitrogens with zero attached hydrogens (tertiary/aromatic N) is 1. The average molecular weight is 1130 g/mol. The highest BCUT2D eigenvalue weighted by Gasteiger charge is 2.62. The fraction of sp³-hybridized carbons (Fsp3) is 0.552. The van der Waals surface area contributed by atoms with E-state index in [1.165, 1.54) is 37.1 Å². The summed E-state index contributed by atoms with van der Waals surface area (Å²) in [7, 11) is 1.28. The molecule has 2 fully saturated rings. The molecule has 5 amide bonds. The van der Waals surface area contributed by atoms with Gasteiger partial charge in [-0.05, 0) is 64.5 Å². The summed E-state index contributed by atoms with van der Waals surface area (Å²) in [6.45, 7) is 12.4. The Morgan fingerprint density at radius 2 is 1.59 bits per heavy atom. The summed E-state index contributed by atoms with van der Waals surface area (Å²) in [6.07, 6.45) is -6.71. The Morgan fingerprint density at radius 3 is 2.22 bits per heavy atom. The van der Waals surface area contributed by atoms with Gasteiger partial charge < -0.3 is 76.3 Å². The zero-order valence-electron chi connectivity index (χ0n) is 47.1. The first-order valence-electron chi connectivity index (χ1n) is 27.2. The molecule has 0 radical (unpaired) electrons. The molecular formula is C58H76N6O17. The van der Waals surface area contributed by atoms with E-state index in [4.69, 9.17) is 14.2 Å². The average Bonchev–Trinajstić information content (AvgIpc) is 4.41. The van der Waals surface area contributed by atoms with Crippen LogP contribution in [0.4, 0.5) is 0 Å². The lowest BCUT2D eigenvalue weighted by atomic mass is 9.72. The van der Waals surface area contributed by atoms with E-state index in [1.54, 1.807) is 44.2 Å². The molecule has 81 heavy (non-hydrogen) atoms. The molecule has 4 aliphatic rings. The number of hydrogen-bond donors (Lipinski definition) is 11. The first kappa shape index (κ1) is 61.8. The third-order valence-electron chi connectivity index (χ3n) is 16.0. The number of benzene rings is 3. The number of phenols is 2. The van der Waals surface area contributed by atoms with Crippen molar-refractivity contribution in [1.29, 1.82) is 0 Å². The molecule has 23 nitrogen and oxygen atoms in total. The fourth-order valence-electron chi connectivity index (χ4n) is 11.5. The van der Waals surface area contributed by atoms with E-state index >= 15 is 0 Å². The summed E-state index contributed by atoms with van der Waals surface area (Å²) >= 11 is 0. The number of nitrogens with one attached hydrogen (secondary N) is 5. The minimum atomic E-state index is -2.43. The highest BCUT2D eigenvalue weighted by atomic mass is 16.7. The zero-order valence-corrected chi connectivity index (χ0v) is 47.1. The Labute approximate surface area is 469 Å². The third-order valence-corrected chi connectivity index (χ3v) is 16.0. The van der Waals surface area contributed by atoms with Crippen LogP contribution in [0.5, 0.6) is 17.2 Å². The van der Waals surface area contributed by atoms with Crippen molar-refractivity contribution in [3.63, 3.8) is 0 Å². The van der Waals surface area contributed by atoms with Crippen LogP contribution in [0.1, 0.15) is 142 Å². The summed E-state index contributed by atoms with van der Waals surface area (Å²) in [4.78, 5) is 112. The number of aliphatic hydroxyl groups is 4. The second-order valence-corrected chi connectivity index (χ2v) is 23.1. The minimum Gasteiger partial charge on any atom is -0.507 e. The van der Waals surface area contributed by atoms with Crippen LogP contribution < -0.4 is 31.3 Å². The molecule has 8 unspecified atom stereocenters. The normalized spacial score (nSPS) is 24.6. The highest BCUT2D eigenvalue weighted by Crippen LogP contribution is 2.53. The SMILES string of the molecule is CCC(C)(CC(C)(C)NCC(C)O)C(=O)NCC(=O)N1CC1(C(=O)NC(CC(C)C)C(=O)NCC(=O)NC1CC(O[C@H]2C[C@](O)(C(=O)CO)Cc3c(O)c4c(c(O)c32)C(=O)c2c(OC)cccc2C4=O)OC(C)C1O)c1ccccc1. The molecular weight excluding hydrogens is 1050 g/mol. The number of fused-ring (bicyclic) bond motifs is 3. The smallest absolute Gasteiger partial charge is 0.253 e. The number of Topliss-reactive ketones (excluding diaryl/α,β-unsaturated/α-hetero) is 1. The second kappa shape index (κ2) is 24.3. The minimum absolute atomic E-state index is 0.0183. The van der Waals surface area contributed by atoms with Gasteiger partial charge >= 0.3 is 0 Å². The molecule has 440 valence electrons. The molecule has 2 heterocycles. The number of ketones is 3. The Hall–Kier alpha value is -6.86. The predicted molar refractivity (Wildman–Crippen MR) is 290 cm³/mol. The molecule has 2 saturated heterocycles. The quantitative estimate of drug-likeness (QED) is 0.0367. The Bertz CT molecular complexity index is 2950. The predicted octanol–water partition coefficient (Wildman–Crippen LogP) is 1.22. The molecule has 3 aromatic rings.